The van der Waals surface area contributed by atoms with E-state index in [9.17, 15) is 4.39 Å². The minimum atomic E-state index is -0.322. The number of nitrogens with one attached hydrogen (secondary N) is 1. The van der Waals surface area contributed by atoms with Crippen LogP contribution >= 0.6 is 0 Å². The molecule has 1 atom stereocenters. The first-order valence-electron chi connectivity index (χ1n) is 5.98. The highest BCUT2D eigenvalue weighted by Gasteiger charge is 2.17. The maximum absolute atomic E-state index is 13.3. The Morgan fingerprint density at radius 1 is 1.38 bits per heavy atom. The number of hydrogen-bond donors (Lipinski definition) is 2. The molecule has 1 fully saturated rings. The molecule has 0 bridgehead atoms. The van der Waals surface area contributed by atoms with Gasteiger partial charge in [-0.3, -0.25) is 0 Å². The van der Waals surface area contributed by atoms with Crippen LogP contribution in [0.3, 0.4) is 0 Å². The molecule has 0 aliphatic heterocycles. The van der Waals surface area contributed by atoms with E-state index in [1.54, 1.807) is 6.07 Å². The fourth-order valence-electron chi connectivity index (χ4n) is 2.35. The third kappa shape index (κ3) is 2.53. The smallest absolute Gasteiger partial charge is 0.146 e. The van der Waals surface area contributed by atoms with Crippen LogP contribution in [0.2, 0.25) is 0 Å². The first-order chi connectivity index (χ1) is 7.66. The summed E-state index contributed by atoms with van der Waals surface area (Å²) in [6.07, 6.45) is 5.09. The fraction of sp³-hybridized carbons (Fsp3) is 0.538. The van der Waals surface area contributed by atoms with Gasteiger partial charge in [-0.05, 0) is 37.5 Å². The molecule has 1 aromatic carbocycles. The van der Waals surface area contributed by atoms with Crippen LogP contribution in [0, 0.1) is 5.82 Å². The summed E-state index contributed by atoms with van der Waals surface area (Å²) in [7, 11) is 0. The van der Waals surface area contributed by atoms with Crippen molar-refractivity contribution in [3.63, 3.8) is 0 Å². The Balaban J connectivity index is 2.02. The van der Waals surface area contributed by atoms with E-state index >= 15 is 0 Å². The number of nitrogens with two attached hydrogens (primary N) is 1. The van der Waals surface area contributed by atoms with Crippen LogP contribution in [0.5, 0.6) is 0 Å². The molecular formula is C13H19FN2. The van der Waals surface area contributed by atoms with Crippen LogP contribution in [0.25, 0.3) is 0 Å². The van der Waals surface area contributed by atoms with Crippen molar-refractivity contribution in [3.8, 4) is 0 Å². The molecule has 0 heterocycles. The Hall–Kier alpha value is -1.09. The molecule has 88 valence electrons. The molecule has 0 aromatic heterocycles. The summed E-state index contributed by atoms with van der Waals surface area (Å²) in [6.45, 7) is 2.07. The molecular weight excluding hydrogens is 203 g/mol. The standard InChI is InChI=1S/C13H19FN2/c1-9(16-11-4-2-3-5-11)10-6-7-13(15)12(14)8-10/h6-9,11,16H,2-5,15H2,1H3/t9-/m0/s1. The molecule has 1 aromatic rings. The van der Waals surface area contributed by atoms with Gasteiger partial charge >= 0.3 is 0 Å². The minimum absolute atomic E-state index is 0.193. The molecule has 16 heavy (non-hydrogen) atoms. The van der Waals surface area contributed by atoms with E-state index in [1.165, 1.54) is 31.7 Å². The second-order valence-electron chi connectivity index (χ2n) is 4.65. The van der Waals surface area contributed by atoms with Crippen LogP contribution in [0.4, 0.5) is 10.1 Å². The van der Waals surface area contributed by atoms with Gasteiger partial charge < -0.3 is 11.1 Å². The average Bonchev–Trinajstić information content (AvgIpc) is 2.74. The first kappa shape index (κ1) is 11.4. The Morgan fingerprint density at radius 3 is 2.69 bits per heavy atom. The largest absolute Gasteiger partial charge is 0.396 e. The number of nitrogen functional groups attached to an aromatic ring is 1. The molecule has 0 unspecified atom stereocenters. The van der Waals surface area contributed by atoms with Crippen LogP contribution in [0.1, 0.15) is 44.2 Å². The molecule has 2 rings (SSSR count). The van der Waals surface area contributed by atoms with E-state index in [0.29, 0.717) is 6.04 Å². The summed E-state index contributed by atoms with van der Waals surface area (Å²) in [4.78, 5) is 0. The normalized spacial score (nSPS) is 18.9. The van der Waals surface area contributed by atoms with Gasteiger partial charge in [-0.15, -0.1) is 0 Å². The quantitative estimate of drug-likeness (QED) is 0.771. The lowest BCUT2D eigenvalue weighted by atomic mass is 10.1. The van der Waals surface area contributed by atoms with E-state index in [0.717, 1.165) is 5.56 Å². The average molecular weight is 222 g/mol. The van der Waals surface area contributed by atoms with Gasteiger partial charge in [-0.2, -0.15) is 0 Å². The Kier molecular flexibility index (Phi) is 3.44. The fourth-order valence-corrected chi connectivity index (χ4v) is 2.35. The maximum atomic E-state index is 13.3. The van der Waals surface area contributed by atoms with Crippen molar-refractivity contribution in [3.05, 3.63) is 29.6 Å². The zero-order valence-electron chi connectivity index (χ0n) is 9.67. The van der Waals surface area contributed by atoms with Crippen LogP contribution in [-0.2, 0) is 0 Å². The summed E-state index contributed by atoms with van der Waals surface area (Å²) < 4.78 is 13.3. The molecule has 1 aliphatic rings. The van der Waals surface area contributed by atoms with Crippen LogP contribution in [-0.4, -0.2) is 6.04 Å². The highest BCUT2D eigenvalue weighted by atomic mass is 19.1. The lowest BCUT2D eigenvalue weighted by Gasteiger charge is -2.19. The lowest BCUT2D eigenvalue weighted by Crippen LogP contribution is -2.28. The van der Waals surface area contributed by atoms with Gasteiger partial charge in [0.1, 0.15) is 5.82 Å². The van der Waals surface area contributed by atoms with Crippen molar-refractivity contribution in [2.45, 2.75) is 44.7 Å². The molecule has 3 N–H and O–H groups in total. The minimum Gasteiger partial charge on any atom is -0.396 e. The SMILES string of the molecule is C[C@H](NC1CCCC1)c1ccc(N)c(F)c1. The number of halogens is 1. The van der Waals surface area contributed by atoms with Gasteiger partial charge in [0.25, 0.3) is 0 Å². The highest BCUT2D eigenvalue weighted by Crippen LogP contribution is 2.23. The maximum Gasteiger partial charge on any atom is 0.146 e. The Bertz CT molecular complexity index is 359. The van der Waals surface area contributed by atoms with Crippen molar-refractivity contribution in [2.75, 3.05) is 5.73 Å². The van der Waals surface area contributed by atoms with Gasteiger partial charge in [0.15, 0.2) is 0 Å². The monoisotopic (exact) mass is 222 g/mol. The third-order valence-electron chi connectivity index (χ3n) is 3.37. The topological polar surface area (TPSA) is 38.0 Å². The molecule has 2 nitrogen and oxygen atoms in total. The molecule has 0 saturated heterocycles. The summed E-state index contributed by atoms with van der Waals surface area (Å²) in [5.74, 6) is -0.322. The Labute approximate surface area is 96.0 Å². The van der Waals surface area contributed by atoms with Gasteiger partial charge in [-0.25, -0.2) is 4.39 Å². The molecule has 1 aliphatic carbocycles. The van der Waals surface area contributed by atoms with Crippen molar-refractivity contribution in [2.24, 2.45) is 0 Å². The van der Waals surface area contributed by atoms with Crippen molar-refractivity contribution < 1.29 is 4.39 Å². The zero-order valence-corrected chi connectivity index (χ0v) is 9.67. The van der Waals surface area contributed by atoms with Crippen molar-refractivity contribution in [1.29, 1.82) is 0 Å². The van der Waals surface area contributed by atoms with Gasteiger partial charge in [0.05, 0.1) is 5.69 Å². The van der Waals surface area contributed by atoms with Crippen molar-refractivity contribution >= 4 is 5.69 Å². The number of benzene rings is 1. The van der Waals surface area contributed by atoms with E-state index in [4.69, 9.17) is 5.73 Å². The zero-order chi connectivity index (χ0) is 11.5. The predicted octanol–water partition coefficient (Wildman–Crippen LogP) is 3.00. The van der Waals surface area contributed by atoms with Gasteiger partial charge in [0.2, 0.25) is 0 Å². The van der Waals surface area contributed by atoms with E-state index in [-0.39, 0.29) is 17.5 Å². The second-order valence-corrected chi connectivity index (χ2v) is 4.65. The molecule has 0 amide bonds. The van der Waals surface area contributed by atoms with E-state index in [2.05, 4.69) is 12.2 Å². The van der Waals surface area contributed by atoms with E-state index in [1.807, 2.05) is 6.07 Å². The van der Waals surface area contributed by atoms with Gasteiger partial charge in [-0.1, -0.05) is 18.9 Å². The molecule has 0 spiro atoms. The summed E-state index contributed by atoms with van der Waals surface area (Å²) in [6, 6.07) is 5.85. The molecule has 1 saturated carbocycles. The third-order valence-corrected chi connectivity index (χ3v) is 3.37. The summed E-state index contributed by atoms with van der Waals surface area (Å²) >= 11 is 0. The predicted molar refractivity (Wildman–Crippen MR) is 64.6 cm³/mol. The highest BCUT2D eigenvalue weighted by molar-refractivity contribution is 5.41. The number of anilines is 1. The second kappa shape index (κ2) is 4.83. The van der Waals surface area contributed by atoms with E-state index < -0.39 is 0 Å². The van der Waals surface area contributed by atoms with Crippen LogP contribution < -0.4 is 11.1 Å². The Morgan fingerprint density at radius 2 is 2.06 bits per heavy atom. The number of hydrogen-bond acceptors (Lipinski definition) is 2. The molecule has 3 heteroatoms. The van der Waals surface area contributed by atoms with Crippen LogP contribution in [0.15, 0.2) is 18.2 Å². The molecule has 0 radical (unpaired) electrons. The summed E-state index contributed by atoms with van der Waals surface area (Å²) in [5, 5.41) is 3.53. The first-order valence-corrected chi connectivity index (χ1v) is 5.98. The summed E-state index contributed by atoms with van der Waals surface area (Å²) in [5.41, 5.74) is 6.65. The lowest BCUT2D eigenvalue weighted by molar-refractivity contribution is 0.460. The van der Waals surface area contributed by atoms with Crippen molar-refractivity contribution in [1.82, 2.24) is 5.32 Å². The number of rotatable bonds is 3. The van der Waals surface area contributed by atoms with Gasteiger partial charge in [0, 0.05) is 12.1 Å².